The number of ether oxygens (including phenoxy) is 2. The molecule has 232 valence electrons. The Morgan fingerprint density at radius 1 is 0.930 bits per heavy atom. The molecule has 4 rings (SSSR count). The molecule has 0 fully saturated rings. The van der Waals surface area contributed by atoms with Gasteiger partial charge < -0.3 is 19.4 Å². The van der Waals surface area contributed by atoms with Gasteiger partial charge in [0, 0.05) is 36.2 Å². The molecular weight excluding hydrogens is 558 g/mol. The zero-order chi connectivity index (χ0) is 31.0. The molecule has 1 heterocycles. The number of aromatic nitrogens is 1. The Bertz CT molecular complexity index is 1390. The van der Waals surface area contributed by atoms with E-state index in [9.17, 15) is 4.79 Å². The number of aryl methyl sites for hydroxylation is 2. The number of carbonyl (C=O) groups is 1. The minimum absolute atomic E-state index is 0.0986. The number of carbonyl (C=O) groups excluding carboxylic acids is 1. The fourth-order valence-electron chi connectivity index (χ4n) is 5.00. The molecule has 0 aliphatic heterocycles. The molecule has 0 aliphatic rings. The van der Waals surface area contributed by atoms with Gasteiger partial charge >= 0.3 is 0 Å². The maximum Gasteiger partial charge on any atom is 0.253 e. The zero-order valence-corrected chi connectivity index (χ0v) is 27.3. The molecule has 0 atom stereocenters. The van der Waals surface area contributed by atoms with E-state index in [0.29, 0.717) is 17.1 Å². The van der Waals surface area contributed by atoms with Gasteiger partial charge in [-0.2, -0.15) is 0 Å². The number of benzene rings is 3. The first-order chi connectivity index (χ1) is 20.9. The van der Waals surface area contributed by atoms with Gasteiger partial charge in [0.05, 0.1) is 18.2 Å². The van der Waals surface area contributed by atoms with Crippen LogP contribution in [0.15, 0.2) is 72.9 Å². The molecule has 0 saturated carbocycles. The van der Waals surface area contributed by atoms with Gasteiger partial charge in [-0.1, -0.05) is 80.8 Å². The van der Waals surface area contributed by atoms with Crippen molar-refractivity contribution < 1.29 is 14.3 Å². The number of para-hydroxylation sites is 1. The Kier molecular flexibility index (Phi) is 14.4. The minimum Gasteiger partial charge on any atom is -0.495 e. The molecule has 0 spiro atoms. The maximum absolute atomic E-state index is 12.8. The van der Waals surface area contributed by atoms with Crippen molar-refractivity contribution in [2.45, 2.75) is 66.5 Å². The fourth-order valence-corrected chi connectivity index (χ4v) is 5.21. The molecule has 7 heteroatoms. The van der Waals surface area contributed by atoms with Crippen molar-refractivity contribution in [3.05, 3.63) is 94.6 Å². The van der Waals surface area contributed by atoms with Gasteiger partial charge in [0.25, 0.3) is 5.91 Å². The summed E-state index contributed by atoms with van der Waals surface area (Å²) in [6.45, 7) is 14.1. The first-order valence-electron chi connectivity index (χ1n) is 15.5. The zero-order valence-electron chi connectivity index (χ0n) is 26.5. The highest BCUT2D eigenvalue weighted by atomic mass is 35.5. The van der Waals surface area contributed by atoms with Crippen LogP contribution in [0.5, 0.6) is 11.5 Å². The van der Waals surface area contributed by atoms with Crippen LogP contribution in [-0.4, -0.2) is 48.7 Å². The number of halogens is 1. The van der Waals surface area contributed by atoms with E-state index >= 15 is 0 Å². The van der Waals surface area contributed by atoms with Gasteiger partial charge in [0.2, 0.25) is 0 Å². The molecule has 0 unspecified atom stereocenters. The van der Waals surface area contributed by atoms with Gasteiger partial charge in [-0.05, 0) is 75.2 Å². The van der Waals surface area contributed by atoms with E-state index in [1.807, 2.05) is 60.8 Å². The molecule has 1 amide bonds. The Hall–Kier alpha value is -3.48. The third-order valence-electron chi connectivity index (χ3n) is 7.20. The summed E-state index contributed by atoms with van der Waals surface area (Å²) in [7, 11) is 1.66. The quantitative estimate of drug-likeness (QED) is 0.147. The SMILES string of the molecule is CCCCn1cc(C(=O)NCc2cccc(Cl)c2)c2cccc(OC)c21.CCCN(CCC)CCOc1ccc(C)cc1. The van der Waals surface area contributed by atoms with Crippen LogP contribution in [-0.2, 0) is 13.1 Å². The number of amides is 1. The number of fused-ring (bicyclic) bond motifs is 1. The predicted octanol–water partition coefficient (Wildman–Crippen LogP) is 8.53. The maximum atomic E-state index is 12.8. The average Bonchev–Trinajstić information content (AvgIpc) is 3.39. The molecule has 6 nitrogen and oxygen atoms in total. The topological polar surface area (TPSA) is 55.7 Å². The largest absolute Gasteiger partial charge is 0.495 e. The molecule has 43 heavy (non-hydrogen) atoms. The van der Waals surface area contributed by atoms with Crippen LogP contribution in [0.4, 0.5) is 0 Å². The second-order valence-corrected chi connectivity index (χ2v) is 11.2. The highest BCUT2D eigenvalue weighted by molar-refractivity contribution is 6.30. The van der Waals surface area contributed by atoms with Gasteiger partial charge in [-0.15, -0.1) is 0 Å². The Morgan fingerprint density at radius 3 is 2.30 bits per heavy atom. The number of unbranched alkanes of at least 4 members (excludes halogenated alkanes) is 1. The third-order valence-corrected chi connectivity index (χ3v) is 7.43. The summed E-state index contributed by atoms with van der Waals surface area (Å²) in [5.41, 5.74) is 3.88. The fraction of sp³-hybridized carbons (Fsp3) is 0.417. The summed E-state index contributed by atoms with van der Waals surface area (Å²) in [4.78, 5) is 15.3. The van der Waals surface area contributed by atoms with Crippen molar-refractivity contribution in [1.29, 1.82) is 0 Å². The molecule has 1 aromatic heterocycles. The number of hydrogen-bond acceptors (Lipinski definition) is 4. The standard InChI is InChI=1S/C21H23ClN2O2.C15H25NO/c1-3-4-11-24-14-18(17-9-6-10-19(26-2)20(17)24)21(25)23-13-15-7-5-8-16(22)12-15;1-4-10-16(11-5-2)12-13-17-15-8-6-14(3)7-9-15/h5-10,12,14H,3-4,11,13H2,1-2H3,(H,23,25);6-9H,4-5,10-13H2,1-3H3. The molecule has 0 radical (unpaired) electrons. The Balaban J connectivity index is 0.000000259. The molecule has 3 aromatic carbocycles. The van der Waals surface area contributed by atoms with Crippen LogP contribution in [0.25, 0.3) is 10.9 Å². The first kappa shape index (κ1) is 34.0. The first-order valence-corrected chi connectivity index (χ1v) is 15.9. The van der Waals surface area contributed by atoms with Crippen LogP contribution in [0.3, 0.4) is 0 Å². The minimum atomic E-state index is -0.0986. The summed E-state index contributed by atoms with van der Waals surface area (Å²) in [6.07, 6.45) is 6.49. The van der Waals surface area contributed by atoms with E-state index in [0.717, 1.165) is 60.5 Å². The smallest absolute Gasteiger partial charge is 0.253 e. The van der Waals surface area contributed by atoms with Gasteiger partial charge in [0.1, 0.15) is 18.1 Å². The van der Waals surface area contributed by atoms with Crippen molar-refractivity contribution in [2.75, 3.05) is 33.4 Å². The van der Waals surface area contributed by atoms with E-state index in [-0.39, 0.29) is 5.91 Å². The lowest BCUT2D eigenvalue weighted by atomic mass is 10.1. The summed E-state index contributed by atoms with van der Waals surface area (Å²) < 4.78 is 13.4. The lowest BCUT2D eigenvalue weighted by molar-refractivity contribution is 0.0952. The predicted molar refractivity (Wildman–Crippen MR) is 180 cm³/mol. The van der Waals surface area contributed by atoms with Crippen LogP contribution >= 0.6 is 11.6 Å². The average molecular weight is 606 g/mol. The van der Waals surface area contributed by atoms with Crippen LogP contribution in [0.1, 0.15) is 67.9 Å². The van der Waals surface area contributed by atoms with Crippen LogP contribution in [0.2, 0.25) is 5.02 Å². The van der Waals surface area contributed by atoms with E-state index < -0.39 is 0 Å². The van der Waals surface area contributed by atoms with Gasteiger partial charge in [-0.25, -0.2) is 0 Å². The molecule has 0 bridgehead atoms. The number of methoxy groups -OCH3 is 1. The van der Waals surface area contributed by atoms with E-state index in [1.165, 1.54) is 31.5 Å². The number of hydrogen-bond donors (Lipinski definition) is 1. The van der Waals surface area contributed by atoms with Gasteiger partial charge in [0.15, 0.2) is 0 Å². The van der Waals surface area contributed by atoms with Crippen molar-refractivity contribution >= 4 is 28.4 Å². The van der Waals surface area contributed by atoms with Crippen LogP contribution < -0.4 is 14.8 Å². The van der Waals surface area contributed by atoms with E-state index in [1.54, 1.807) is 7.11 Å². The Labute approximate surface area is 262 Å². The number of nitrogens with one attached hydrogen (secondary N) is 1. The number of rotatable bonds is 15. The Morgan fingerprint density at radius 2 is 1.65 bits per heavy atom. The molecule has 0 aliphatic carbocycles. The lowest BCUT2D eigenvalue weighted by Gasteiger charge is -2.20. The highest BCUT2D eigenvalue weighted by Gasteiger charge is 2.17. The van der Waals surface area contributed by atoms with E-state index in [4.69, 9.17) is 21.1 Å². The highest BCUT2D eigenvalue weighted by Crippen LogP contribution is 2.30. The second-order valence-electron chi connectivity index (χ2n) is 10.8. The molecule has 4 aromatic rings. The van der Waals surface area contributed by atoms with E-state index in [2.05, 4.69) is 54.6 Å². The third kappa shape index (κ3) is 10.6. The summed E-state index contributed by atoms with van der Waals surface area (Å²) in [6, 6.07) is 21.6. The monoisotopic (exact) mass is 605 g/mol. The lowest BCUT2D eigenvalue weighted by Crippen LogP contribution is -2.30. The summed E-state index contributed by atoms with van der Waals surface area (Å²) in [5.74, 6) is 1.66. The summed E-state index contributed by atoms with van der Waals surface area (Å²) >= 11 is 6.01. The molecular formula is C36H48ClN3O3. The van der Waals surface area contributed by atoms with Crippen molar-refractivity contribution in [3.8, 4) is 11.5 Å². The molecule has 0 saturated heterocycles. The second kappa shape index (κ2) is 18.2. The van der Waals surface area contributed by atoms with Crippen molar-refractivity contribution in [1.82, 2.24) is 14.8 Å². The van der Waals surface area contributed by atoms with Crippen molar-refractivity contribution in [3.63, 3.8) is 0 Å². The van der Waals surface area contributed by atoms with Gasteiger partial charge in [-0.3, -0.25) is 9.69 Å². The molecule has 1 N–H and O–H groups in total. The normalized spacial score (nSPS) is 10.9. The van der Waals surface area contributed by atoms with Crippen LogP contribution in [0, 0.1) is 6.92 Å². The number of nitrogens with zero attached hydrogens (tertiary/aromatic N) is 2. The summed E-state index contributed by atoms with van der Waals surface area (Å²) in [5, 5.41) is 4.56. The van der Waals surface area contributed by atoms with Crippen molar-refractivity contribution in [2.24, 2.45) is 0 Å².